The summed E-state index contributed by atoms with van der Waals surface area (Å²) in [5, 5.41) is 8.77. The van der Waals surface area contributed by atoms with E-state index in [4.69, 9.17) is 9.84 Å². The summed E-state index contributed by atoms with van der Waals surface area (Å²) in [6.45, 7) is 7.36. The lowest BCUT2D eigenvalue weighted by Crippen LogP contribution is -2.32. The molecule has 0 spiro atoms. The lowest BCUT2D eigenvalue weighted by Gasteiger charge is -2.25. The lowest BCUT2D eigenvalue weighted by molar-refractivity contribution is -0.136. The highest BCUT2D eigenvalue weighted by Gasteiger charge is 2.20. The van der Waals surface area contributed by atoms with E-state index in [0.29, 0.717) is 18.7 Å². The molecule has 0 aliphatic carbocycles. The van der Waals surface area contributed by atoms with Crippen LogP contribution in [0.1, 0.15) is 44.9 Å². The Balaban J connectivity index is 3.14. The number of carboxylic acids is 1. The molecule has 0 radical (unpaired) electrons. The molecule has 0 amide bonds. The fraction of sp³-hybridized carbons (Fsp3) is 0.625. The molecule has 0 saturated carbocycles. The molecule has 1 aromatic rings. The molecular weight excluding hydrogens is 270 g/mol. The third-order valence-corrected chi connectivity index (χ3v) is 3.36. The maximum absolute atomic E-state index is 12.6. The van der Waals surface area contributed by atoms with Crippen molar-refractivity contribution >= 4 is 5.97 Å². The van der Waals surface area contributed by atoms with E-state index in [1.807, 2.05) is 6.07 Å². The van der Waals surface area contributed by atoms with Crippen molar-refractivity contribution in [3.05, 3.63) is 33.7 Å². The largest absolute Gasteiger partial charge is 0.481 e. The molecule has 1 aromatic heterocycles. The van der Waals surface area contributed by atoms with Gasteiger partial charge < -0.3 is 14.4 Å². The smallest absolute Gasteiger partial charge is 0.303 e. The van der Waals surface area contributed by atoms with Crippen molar-refractivity contribution in [2.75, 3.05) is 13.7 Å². The summed E-state index contributed by atoms with van der Waals surface area (Å²) in [5.41, 5.74) is 1.29. The second-order valence-electron chi connectivity index (χ2n) is 6.19. The van der Waals surface area contributed by atoms with Crippen LogP contribution in [0.4, 0.5) is 0 Å². The van der Waals surface area contributed by atoms with E-state index in [0.717, 1.165) is 12.1 Å². The first kappa shape index (κ1) is 17.4. The lowest BCUT2D eigenvalue weighted by atomic mass is 9.90. The second-order valence-corrected chi connectivity index (χ2v) is 6.19. The molecule has 0 saturated heterocycles. The van der Waals surface area contributed by atoms with E-state index in [-0.39, 0.29) is 23.8 Å². The number of methoxy groups -OCH3 is 1. The minimum Gasteiger partial charge on any atom is -0.481 e. The van der Waals surface area contributed by atoms with Crippen molar-refractivity contribution in [1.82, 2.24) is 4.57 Å². The topological polar surface area (TPSA) is 68.5 Å². The predicted molar refractivity (Wildman–Crippen MR) is 81.9 cm³/mol. The van der Waals surface area contributed by atoms with E-state index in [2.05, 4.69) is 20.8 Å². The second kappa shape index (κ2) is 7.41. The summed E-state index contributed by atoms with van der Waals surface area (Å²) < 4.78 is 6.81. The van der Waals surface area contributed by atoms with Crippen LogP contribution < -0.4 is 5.56 Å². The molecular formula is C16H25NO4. The Labute approximate surface area is 125 Å². The molecule has 21 heavy (non-hydrogen) atoms. The van der Waals surface area contributed by atoms with Crippen LogP contribution in [0, 0.1) is 0 Å². The van der Waals surface area contributed by atoms with Gasteiger partial charge in [0.25, 0.3) is 5.56 Å². The Morgan fingerprint density at radius 2 is 2.00 bits per heavy atom. The standard InChI is InChI=1S/C16H25NO4/c1-16(2,3)13-8-6-12(7-9-14(18)19)15(20)17(13)10-5-11-21-4/h6,8H,5,7,9-11H2,1-4H3,(H,18,19). The molecule has 1 heterocycles. The normalized spacial score (nSPS) is 11.6. The van der Waals surface area contributed by atoms with Crippen LogP contribution in [-0.4, -0.2) is 29.4 Å². The van der Waals surface area contributed by atoms with Gasteiger partial charge in [-0.15, -0.1) is 0 Å². The average molecular weight is 295 g/mol. The molecule has 0 aromatic carbocycles. The molecule has 0 fully saturated rings. The summed E-state index contributed by atoms with van der Waals surface area (Å²) in [5.74, 6) is -0.889. The minimum atomic E-state index is -0.889. The van der Waals surface area contributed by atoms with E-state index in [9.17, 15) is 9.59 Å². The number of pyridine rings is 1. The molecule has 0 aliphatic rings. The van der Waals surface area contributed by atoms with Crippen LogP contribution in [0.3, 0.4) is 0 Å². The number of ether oxygens (including phenoxy) is 1. The van der Waals surface area contributed by atoms with Crippen LogP contribution in [0.5, 0.6) is 0 Å². The van der Waals surface area contributed by atoms with Gasteiger partial charge in [0.1, 0.15) is 0 Å². The molecule has 0 unspecified atom stereocenters. The first-order valence-corrected chi connectivity index (χ1v) is 7.21. The van der Waals surface area contributed by atoms with Crippen LogP contribution in [0.2, 0.25) is 0 Å². The highest BCUT2D eigenvalue weighted by molar-refractivity contribution is 5.67. The number of carbonyl (C=O) groups is 1. The zero-order valence-corrected chi connectivity index (χ0v) is 13.3. The molecule has 1 N–H and O–H groups in total. The van der Waals surface area contributed by atoms with Gasteiger partial charge in [0.2, 0.25) is 0 Å². The quantitative estimate of drug-likeness (QED) is 0.783. The Morgan fingerprint density at radius 3 is 2.52 bits per heavy atom. The Hall–Kier alpha value is -1.62. The fourth-order valence-electron chi connectivity index (χ4n) is 2.30. The third kappa shape index (κ3) is 5.01. The van der Waals surface area contributed by atoms with Gasteiger partial charge in [0.15, 0.2) is 0 Å². The zero-order valence-electron chi connectivity index (χ0n) is 13.3. The number of aromatic nitrogens is 1. The zero-order chi connectivity index (χ0) is 16.0. The number of hydrogen-bond acceptors (Lipinski definition) is 3. The molecule has 1 rings (SSSR count). The minimum absolute atomic E-state index is 0.0256. The van der Waals surface area contributed by atoms with Gasteiger partial charge in [0, 0.05) is 43.4 Å². The highest BCUT2D eigenvalue weighted by Crippen LogP contribution is 2.21. The van der Waals surface area contributed by atoms with Gasteiger partial charge in [-0.25, -0.2) is 0 Å². The molecule has 0 bridgehead atoms. The van der Waals surface area contributed by atoms with Crippen molar-refractivity contribution < 1.29 is 14.6 Å². The van der Waals surface area contributed by atoms with Gasteiger partial charge >= 0.3 is 5.97 Å². The SMILES string of the molecule is COCCCn1c(C(C)(C)C)ccc(CCC(=O)O)c1=O. The van der Waals surface area contributed by atoms with Crippen LogP contribution in [0.15, 0.2) is 16.9 Å². The molecule has 118 valence electrons. The Bertz CT molecular complexity index is 540. The van der Waals surface area contributed by atoms with Crippen molar-refractivity contribution in [2.45, 2.75) is 52.0 Å². The van der Waals surface area contributed by atoms with E-state index in [1.165, 1.54) is 0 Å². The van der Waals surface area contributed by atoms with Gasteiger partial charge in [-0.05, 0) is 18.9 Å². The first-order chi connectivity index (χ1) is 9.77. The molecule has 0 atom stereocenters. The number of hydrogen-bond donors (Lipinski definition) is 1. The number of rotatable bonds is 7. The molecule has 0 aliphatic heterocycles. The molecule has 5 nitrogen and oxygen atoms in total. The van der Waals surface area contributed by atoms with Crippen LogP contribution >= 0.6 is 0 Å². The Kier molecular flexibility index (Phi) is 6.15. The van der Waals surface area contributed by atoms with Crippen LogP contribution in [0.25, 0.3) is 0 Å². The predicted octanol–water partition coefficient (Wildman–Crippen LogP) is 2.20. The van der Waals surface area contributed by atoms with Crippen molar-refractivity contribution in [2.24, 2.45) is 0 Å². The monoisotopic (exact) mass is 295 g/mol. The number of aryl methyl sites for hydroxylation is 1. The van der Waals surface area contributed by atoms with Gasteiger partial charge in [-0.3, -0.25) is 9.59 Å². The summed E-state index contributed by atoms with van der Waals surface area (Å²) in [6, 6.07) is 3.70. The van der Waals surface area contributed by atoms with E-state index < -0.39 is 5.97 Å². The highest BCUT2D eigenvalue weighted by atomic mass is 16.5. The summed E-state index contributed by atoms with van der Waals surface area (Å²) in [6.07, 6.45) is 0.993. The number of aliphatic carboxylic acids is 1. The fourth-order valence-corrected chi connectivity index (χ4v) is 2.30. The van der Waals surface area contributed by atoms with Crippen molar-refractivity contribution in [3.63, 3.8) is 0 Å². The van der Waals surface area contributed by atoms with E-state index in [1.54, 1.807) is 17.7 Å². The summed E-state index contributed by atoms with van der Waals surface area (Å²) >= 11 is 0. The average Bonchev–Trinajstić information content (AvgIpc) is 2.37. The number of nitrogens with zero attached hydrogens (tertiary/aromatic N) is 1. The maximum Gasteiger partial charge on any atom is 0.303 e. The Morgan fingerprint density at radius 1 is 1.33 bits per heavy atom. The van der Waals surface area contributed by atoms with Gasteiger partial charge in [-0.2, -0.15) is 0 Å². The summed E-state index contributed by atoms with van der Waals surface area (Å²) in [4.78, 5) is 23.3. The number of carboxylic acid groups (broad SMARTS) is 1. The van der Waals surface area contributed by atoms with Crippen LogP contribution in [-0.2, 0) is 27.9 Å². The van der Waals surface area contributed by atoms with Gasteiger partial charge in [0.05, 0.1) is 0 Å². The van der Waals surface area contributed by atoms with Crippen molar-refractivity contribution in [1.29, 1.82) is 0 Å². The maximum atomic E-state index is 12.6. The van der Waals surface area contributed by atoms with Gasteiger partial charge in [-0.1, -0.05) is 26.8 Å². The third-order valence-electron chi connectivity index (χ3n) is 3.36. The first-order valence-electron chi connectivity index (χ1n) is 7.21. The van der Waals surface area contributed by atoms with Crippen molar-refractivity contribution in [3.8, 4) is 0 Å². The summed E-state index contributed by atoms with van der Waals surface area (Å²) in [7, 11) is 1.64. The van der Waals surface area contributed by atoms with E-state index >= 15 is 0 Å². The molecule has 5 heteroatoms.